The minimum Gasteiger partial charge on any atom is -0.461 e. The molecule has 2 N–H and O–H groups in total. The SMILES string of the molecule is CCN(CC)CCOC(=O)c1ccccc1NC(=O)Nc1ccccc1. The fourth-order valence-electron chi connectivity index (χ4n) is 2.46. The zero-order valence-corrected chi connectivity index (χ0v) is 15.2. The van der Waals surface area contributed by atoms with Gasteiger partial charge in [0.1, 0.15) is 6.61 Å². The molecule has 0 aliphatic rings. The maximum atomic E-state index is 12.4. The van der Waals surface area contributed by atoms with Crippen molar-refractivity contribution in [2.24, 2.45) is 0 Å². The lowest BCUT2D eigenvalue weighted by Crippen LogP contribution is -2.28. The fraction of sp³-hybridized carbons (Fsp3) is 0.300. The van der Waals surface area contributed by atoms with Gasteiger partial charge < -0.3 is 20.3 Å². The van der Waals surface area contributed by atoms with E-state index in [9.17, 15) is 9.59 Å². The molecule has 0 unspecified atom stereocenters. The number of carbonyl (C=O) groups excluding carboxylic acids is 2. The molecule has 138 valence electrons. The molecule has 0 saturated carbocycles. The van der Waals surface area contributed by atoms with Gasteiger partial charge in [-0.15, -0.1) is 0 Å². The Bertz CT molecular complexity index is 715. The van der Waals surface area contributed by atoms with Crippen LogP contribution >= 0.6 is 0 Å². The molecule has 2 amide bonds. The van der Waals surface area contributed by atoms with E-state index < -0.39 is 12.0 Å². The summed E-state index contributed by atoms with van der Waals surface area (Å²) in [5.74, 6) is -0.451. The summed E-state index contributed by atoms with van der Waals surface area (Å²) in [6, 6.07) is 15.5. The highest BCUT2D eigenvalue weighted by Crippen LogP contribution is 2.17. The number of hydrogen-bond donors (Lipinski definition) is 2. The number of para-hydroxylation sites is 2. The van der Waals surface area contributed by atoms with E-state index >= 15 is 0 Å². The monoisotopic (exact) mass is 355 g/mol. The molecule has 2 aromatic rings. The van der Waals surface area contributed by atoms with E-state index in [1.807, 2.05) is 18.2 Å². The van der Waals surface area contributed by atoms with Gasteiger partial charge in [-0.25, -0.2) is 9.59 Å². The number of anilines is 2. The number of amides is 2. The van der Waals surface area contributed by atoms with Crippen molar-refractivity contribution in [3.63, 3.8) is 0 Å². The number of carbonyl (C=O) groups is 2. The Morgan fingerprint density at radius 3 is 2.27 bits per heavy atom. The molecule has 0 fully saturated rings. The Labute approximate surface area is 154 Å². The minimum absolute atomic E-state index is 0.311. The van der Waals surface area contributed by atoms with E-state index in [2.05, 4.69) is 29.4 Å². The highest BCUT2D eigenvalue weighted by atomic mass is 16.5. The minimum atomic E-state index is -0.451. The Kier molecular flexibility index (Phi) is 7.64. The maximum absolute atomic E-state index is 12.4. The molecular weight excluding hydrogens is 330 g/mol. The molecule has 0 aliphatic carbocycles. The lowest BCUT2D eigenvalue weighted by Gasteiger charge is -2.18. The summed E-state index contributed by atoms with van der Waals surface area (Å²) in [5.41, 5.74) is 1.41. The first kappa shape index (κ1) is 19.5. The zero-order valence-electron chi connectivity index (χ0n) is 15.2. The third-order valence-corrected chi connectivity index (χ3v) is 3.96. The number of ether oxygens (including phenoxy) is 1. The number of likely N-dealkylation sites (N-methyl/N-ethyl adjacent to an activating group) is 1. The first-order chi connectivity index (χ1) is 12.6. The van der Waals surface area contributed by atoms with Crippen molar-refractivity contribution < 1.29 is 14.3 Å². The van der Waals surface area contributed by atoms with Crippen molar-refractivity contribution in [1.29, 1.82) is 0 Å². The van der Waals surface area contributed by atoms with Crippen molar-refractivity contribution in [3.8, 4) is 0 Å². The Morgan fingerprint density at radius 2 is 1.58 bits per heavy atom. The van der Waals surface area contributed by atoms with Gasteiger partial charge in [-0.2, -0.15) is 0 Å². The molecule has 0 bridgehead atoms. The van der Waals surface area contributed by atoms with Crippen molar-refractivity contribution >= 4 is 23.4 Å². The Hall–Kier alpha value is -2.86. The molecule has 0 saturated heterocycles. The van der Waals surface area contributed by atoms with E-state index in [1.54, 1.807) is 36.4 Å². The number of rotatable bonds is 8. The molecule has 2 rings (SSSR count). The lowest BCUT2D eigenvalue weighted by molar-refractivity contribution is 0.0467. The molecule has 0 aromatic heterocycles. The molecule has 2 aromatic carbocycles. The second kappa shape index (κ2) is 10.2. The second-order valence-electron chi connectivity index (χ2n) is 5.65. The van der Waals surface area contributed by atoms with Crippen LogP contribution in [-0.2, 0) is 4.74 Å². The van der Waals surface area contributed by atoms with Gasteiger partial charge in [-0.05, 0) is 37.4 Å². The van der Waals surface area contributed by atoms with Gasteiger partial charge in [0.15, 0.2) is 0 Å². The van der Waals surface area contributed by atoms with Crippen LogP contribution in [0.2, 0.25) is 0 Å². The number of hydrogen-bond acceptors (Lipinski definition) is 4. The molecule has 26 heavy (non-hydrogen) atoms. The van der Waals surface area contributed by atoms with Crippen LogP contribution in [0, 0.1) is 0 Å². The first-order valence-corrected chi connectivity index (χ1v) is 8.75. The van der Waals surface area contributed by atoms with Crippen molar-refractivity contribution in [3.05, 3.63) is 60.2 Å². The van der Waals surface area contributed by atoms with Gasteiger partial charge in [0.25, 0.3) is 0 Å². The molecule has 0 heterocycles. The molecule has 6 heteroatoms. The van der Waals surface area contributed by atoms with Crippen LogP contribution < -0.4 is 10.6 Å². The van der Waals surface area contributed by atoms with Crippen molar-refractivity contribution in [2.45, 2.75) is 13.8 Å². The second-order valence-corrected chi connectivity index (χ2v) is 5.65. The predicted octanol–water partition coefficient (Wildman–Crippen LogP) is 3.83. The van der Waals surface area contributed by atoms with Crippen LogP contribution in [0.3, 0.4) is 0 Å². The number of urea groups is 1. The van der Waals surface area contributed by atoms with Crippen molar-refractivity contribution in [2.75, 3.05) is 36.9 Å². The van der Waals surface area contributed by atoms with Crippen LogP contribution in [0.4, 0.5) is 16.2 Å². The van der Waals surface area contributed by atoms with Gasteiger partial charge in [0.2, 0.25) is 0 Å². The number of nitrogens with zero attached hydrogens (tertiary/aromatic N) is 1. The van der Waals surface area contributed by atoms with Crippen molar-refractivity contribution in [1.82, 2.24) is 4.90 Å². The summed E-state index contributed by atoms with van der Waals surface area (Å²) in [6.07, 6.45) is 0. The smallest absolute Gasteiger partial charge is 0.340 e. The number of benzene rings is 2. The van der Waals surface area contributed by atoms with E-state index in [-0.39, 0.29) is 0 Å². The van der Waals surface area contributed by atoms with Gasteiger partial charge in [-0.3, -0.25) is 0 Å². The zero-order chi connectivity index (χ0) is 18.8. The van der Waals surface area contributed by atoms with E-state index in [4.69, 9.17) is 4.74 Å². The fourth-order valence-corrected chi connectivity index (χ4v) is 2.46. The third kappa shape index (κ3) is 5.89. The molecule has 0 aliphatic heterocycles. The van der Waals surface area contributed by atoms with E-state index in [0.717, 1.165) is 13.1 Å². The highest BCUT2D eigenvalue weighted by Gasteiger charge is 2.14. The Balaban J connectivity index is 1.96. The number of nitrogens with one attached hydrogen (secondary N) is 2. The van der Waals surface area contributed by atoms with Crippen LogP contribution in [0.5, 0.6) is 0 Å². The van der Waals surface area contributed by atoms with Crippen LogP contribution in [0.15, 0.2) is 54.6 Å². The Morgan fingerprint density at radius 1 is 0.923 bits per heavy atom. The molecular formula is C20H25N3O3. The van der Waals surface area contributed by atoms with Gasteiger partial charge >= 0.3 is 12.0 Å². The molecule has 6 nitrogen and oxygen atoms in total. The van der Waals surface area contributed by atoms with E-state index in [0.29, 0.717) is 30.1 Å². The van der Waals surface area contributed by atoms with Gasteiger partial charge in [0.05, 0.1) is 11.3 Å². The molecule has 0 radical (unpaired) electrons. The summed E-state index contributed by atoms with van der Waals surface area (Å²) in [4.78, 5) is 26.7. The normalized spacial score (nSPS) is 10.4. The molecule has 0 atom stereocenters. The third-order valence-electron chi connectivity index (χ3n) is 3.96. The summed E-state index contributed by atoms with van der Waals surface area (Å²) >= 11 is 0. The molecule has 0 spiro atoms. The van der Waals surface area contributed by atoms with Crippen LogP contribution in [0.25, 0.3) is 0 Å². The largest absolute Gasteiger partial charge is 0.461 e. The summed E-state index contributed by atoms with van der Waals surface area (Å²) in [7, 11) is 0. The number of esters is 1. The summed E-state index contributed by atoms with van der Waals surface area (Å²) < 4.78 is 5.35. The summed E-state index contributed by atoms with van der Waals surface area (Å²) in [6.45, 7) is 6.94. The average molecular weight is 355 g/mol. The lowest BCUT2D eigenvalue weighted by atomic mass is 10.2. The average Bonchev–Trinajstić information content (AvgIpc) is 2.66. The topological polar surface area (TPSA) is 70.7 Å². The van der Waals surface area contributed by atoms with Gasteiger partial charge in [-0.1, -0.05) is 44.2 Å². The van der Waals surface area contributed by atoms with Crippen LogP contribution in [0.1, 0.15) is 24.2 Å². The summed E-state index contributed by atoms with van der Waals surface area (Å²) in [5, 5.41) is 5.42. The predicted molar refractivity (Wildman–Crippen MR) is 104 cm³/mol. The van der Waals surface area contributed by atoms with Crippen LogP contribution in [-0.4, -0.2) is 43.1 Å². The maximum Gasteiger partial charge on any atom is 0.340 e. The quantitative estimate of drug-likeness (QED) is 0.706. The first-order valence-electron chi connectivity index (χ1n) is 8.75. The standard InChI is InChI=1S/C20H25N3O3/c1-3-23(4-2)14-15-26-19(24)17-12-8-9-13-18(17)22-20(25)21-16-10-6-5-7-11-16/h5-13H,3-4,14-15H2,1-2H3,(H2,21,22,25). The van der Waals surface area contributed by atoms with Gasteiger partial charge in [0, 0.05) is 12.2 Å². The highest BCUT2D eigenvalue weighted by molar-refractivity contribution is 6.05. The van der Waals surface area contributed by atoms with E-state index in [1.165, 1.54) is 0 Å².